The molecule has 0 saturated carbocycles. The highest BCUT2D eigenvalue weighted by Gasteiger charge is 2.20. The first-order valence-corrected chi connectivity index (χ1v) is 6.06. The van der Waals surface area contributed by atoms with Crippen LogP contribution in [0.3, 0.4) is 0 Å². The molecule has 0 radical (unpaired) electrons. The van der Waals surface area contributed by atoms with Crippen molar-refractivity contribution < 1.29 is 19.4 Å². The average Bonchev–Trinajstić information content (AvgIpc) is 2.38. The maximum Gasteiger partial charge on any atom is 0.342 e. The molecule has 4 nitrogen and oxygen atoms in total. The van der Waals surface area contributed by atoms with Crippen molar-refractivity contribution in [3.8, 4) is 11.5 Å². The van der Waals surface area contributed by atoms with Gasteiger partial charge in [0.2, 0.25) is 0 Å². The Morgan fingerprint density at radius 2 is 2.11 bits per heavy atom. The summed E-state index contributed by atoms with van der Waals surface area (Å²) in [6, 6.07) is 7.28. The summed E-state index contributed by atoms with van der Waals surface area (Å²) in [5, 5.41) is 11.7. The molecule has 0 spiro atoms. The molecular weight excluding hydrogens is 244 g/mol. The summed E-state index contributed by atoms with van der Waals surface area (Å²) < 4.78 is 10.2. The maximum absolute atomic E-state index is 11.9. The summed E-state index contributed by atoms with van der Waals surface area (Å²) in [6.07, 6.45) is 0. The molecule has 19 heavy (non-hydrogen) atoms. The number of carbonyl (C=O) groups excluding carboxylic acids is 1. The van der Waals surface area contributed by atoms with Crippen molar-refractivity contribution in [2.75, 3.05) is 13.7 Å². The second kappa shape index (κ2) is 5.18. The number of benzene rings is 2. The van der Waals surface area contributed by atoms with Gasteiger partial charge >= 0.3 is 5.97 Å². The first-order chi connectivity index (χ1) is 9.10. The van der Waals surface area contributed by atoms with E-state index in [0.29, 0.717) is 16.7 Å². The maximum atomic E-state index is 11.9. The van der Waals surface area contributed by atoms with Crippen LogP contribution < -0.4 is 4.74 Å². The molecule has 0 atom stereocenters. The van der Waals surface area contributed by atoms with Crippen LogP contribution in [0.1, 0.15) is 22.8 Å². The molecular formula is C15H16O4. The van der Waals surface area contributed by atoms with Crippen molar-refractivity contribution in [1.82, 2.24) is 0 Å². The van der Waals surface area contributed by atoms with E-state index < -0.39 is 5.97 Å². The van der Waals surface area contributed by atoms with Crippen LogP contribution in [0, 0.1) is 6.92 Å². The van der Waals surface area contributed by atoms with Gasteiger partial charge in [0.15, 0.2) is 0 Å². The van der Waals surface area contributed by atoms with Crippen molar-refractivity contribution in [1.29, 1.82) is 0 Å². The van der Waals surface area contributed by atoms with Gasteiger partial charge in [0.05, 0.1) is 19.1 Å². The number of hydrogen-bond acceptors (Lipinski definition) is 4. The number of aromatic hydroxyl groups is 1. The van der Waals surface area contributed by atoms with Crippen LogP contribution in [0.2, 0.25) is 0 Å². The van der Waals surface area contributed by atoms with E-state index in [9.17, 15) is 9.90 Å². The van der Waals surface area contributed by atoms with E-state index in [-0.39, 0.29) is 17.9 Å². The fourth-order valence-electron chi connectivity index (χ4n) is 2.17. The summed E-state index contributed by atoms with van der Waals surface area (Å²) in [7, 11) is 1.53. The zero-order chi connectivity index (χ0) is 14.0. The predicted octanol–water partition coefficient (Wildman–Crippen LogP) is 3.04. The van der Waals surface area contributed by atoms with E-state index in [2.05, 4.69) is 0 Å². The zero-order valence-electron chi connectivity index (χ0n) is 11.2. The molecule has 0 fully saturated rings. The van der Waals surface area contributed by atoms with Crippen molar-refractivity contribution in [2.24, 2.45) is 0 Å². The normalized spacial score (nSPS) is 10.5. The van der Waals surface area contributed by atoms with Crippen molar-refractivity contribution in [2.45, 2.75) is 13.8 Å². The molecule has 0 unspecified atom stereocenters. The van der Waals surface area contributed by atoms with Gasteiger partial charge in [-0.3, -0.25) is 0 Å². The first-order valence-electron chi connectivity index (χ1n) is 6.06. The SMILES string of the molecule is CCOC(=O)c1c(C)cc2cccc(OC)c2c1O. The van der Waals surface area contributed by atoms with Gasteiger partial charge in [0.1, 0.15) is 17.1 Å². The van der Waals surface area contributed by atoms with Gasteiger partial charge in [-0.25, -0.2) is 4.79 Å². The van der Waals surface area contributed by atoms with E-state index in [1.165, 1.54) is 7.11 Å². The van der Waals surface area contributed by atoms with E-state index >= 15 is 0 Å². The first kappa shape index (κ1) is 13.2. The number of phenolic OH excluding ortho intramolecular Hbond substituents is 1. The number of aryl methyl sites for hydroxylation is 1. The number of carbonyl (C=O) groups is 1. The fraction of sp³-hybridized carbons (Fsp3) is 0.267. The smallest absolute Gasteiger partial charge is 0.342 e. The highest BCUT2D eigenvalue weighted by molar-refractivity contribution is 6.04. The molecule has 0 amide bonds. The number of ether oxygens (including phenoxy) is 2. The third kappa shape index (κ3) is 2.21. The molecule has 0 aliphatic heterocycles. The van der Waals surface area contributed by atoms with E-state index in [1.54, 1.807) is 19.9 Å². The number of hydrogen-bond donors (Lipinski definition) is 1. The molecule has 0 aromatic heterocycles. The van der Waals surface area contributed by atoms with Crippen molar-refractivity contribution in [3.63, 3.8) is 0 Å². The lowest BCUT2D eigenvalue weighted by molar-refractivity contribution is 0.0522. The number of methoxy groups -OCH3 is 1. The molecule has 2 aromatic carbocycles. The third-order valence-corrected chi connectivity index (χ3v) is 3.00. The summed E-state index contributed by atoms with van der Waals surface area (Å²) in [5.74, 6) is -0.0863. The highest BCUT2D eigenvalue weighted by atomic mass is 16.5. The molecule has 2 aromatic rings. The number of fused-ring (bicyclic) bond motifs is 1. The van der Waals surface area contributed by atoms with E-state index in [1.807, 2.05) is 18.2 Å². The lowest BCUT2D eigenvalue weighted by Crippen LogP contribution is -2.07. The van der Waals surface area contributed by atoms with Gasteiger partial charge in [-0.15, -0.1) is 0 Å². The zero-order valence-corrected chi connectivity index (χ0v) is 11.2. The monoisotopic (exact) mass is 260 g/mol. The quantitative estimate of drug-likeness (QED) is 0.862. The Hall–Kier alpha value is -2.23. The summed E-state index contributed by atoms with van der Waals surface area (Å²) in [5.41, 5.74) is 0.871. The minimum Gasteiger partial charge on any atom is -0.506 e. The molecule has 1 N–H and O–H groups in total. The van der Waals surface area contributed by atoms with E-state index in [4.69, 9.17) is 9.47 Å². The molecule has 0 aliphatic rings. The van der Waals surface area contributed by atoms with Crippen LogP contribution in [0.5, 0.6) is 11.5 Å². The fourth-order valence-corrected chi connectivity index (χ4v) is 2.17. The van der Waals surface area contributed by atoms with Crippen LogP contribution in [0.15, 0.2) is 24.3 Å². The van der Waals surface area contributed by atoms with Gasteiger partial charge < -0.3 is 14.6 Å². The summed E-state index contributed by atoms with van der Waals surface area (Å²) in [4.78, 5) is 11.9. The molecule has 0 heterocycles. The third-order valence-electron chi connectivity index (χ3n) is 3.00. The molecule has 100 valence electrons. The second-order valence-corrected chi connectivity index (χ2v) is 4.20. The highest BCUT2D eigenvalue weighted by Crippen LogP contribution is 2.37. The topological polar surface area (TPSA) is 55.8 Å². The van der Waals surface area contributed by atoms with Crippen LogP contribution in [0.25, 0.3) is 10.8 Å². The Balaban J connectivity index is 2.76. The Morgan fingerprint density at radius 3 is 2.74 bits per heavy atom. The van der Waals surface area contributed by atoms with Gasteiger partial charge in [0, 0.05) is 0 Å². The Kier molecular flexibility index (Phi) is 3.60. The lowest BCUT2D eigenvalue weighted by Gasteiger charge is -2.13. The second-order valence-electron chi connectivity index (χ2n) is 4.20. The van der Waals surface area contributed by atoms with Gasteiger partial charge in [-0.1, -0.05) is 18.2 Å². The van der Waals surface area contributed by atoms with Crippen molar-refractivity contribution >= 4 is 16.7 Å². The minimum atomic E-state index is -0.523. The number of rotatable bonds is 3. The van der Waals surface area contributed by atoms with Crippen molar-refractivity contribution in [3.05, 3.63) is 35.4 Å². The Morgan fingerprint density at radius 1 is 1.37 bits per heavy atom. The van der Waals surface area contributed by atoms with Gasteiger partial charge in [-0.2, -0.15) is 0 Å². The Labute approximate surface area is 111 Å². The lowest BCUT2D eigenvalue weighted by atomic mass is 9.99. The molecule has 0 bridgehead atoms. The van der Waals surface area contributed by atoms with Gasteiger partial charge in [0.25, 0.3) is 0 Å². The number of esters is 1. The predicted molar refractivity (Wildman–Crippen MR) is 72.9 cm³/mol. The average molecular weight is 260 g/mol. The summed E-state index contributed by atoms with van der Waals surface area (Å²) >= 11 is 0. The standard InChI is InChI=1S/C15H16O4/c1-4-19-15(17)12-9(2)8-10-6-5-7-11(18-3)13(10)14(12)16/h5-8,16H,4H2,1-3H3. The van der Waals surface area contributed by atoms with Crippen LogP contribution in [-0.4, -0.2) is 24.8 Å². The Bertz CT molecular complexity index is 632. The van der Waals surface area contributed by atoms with Crippen LogP contribution in [-0.2, 0) is 4.74 Å². The molecule has 4 heteroatoms. The molecule has 0 aliphatic carbocycles. The molecule has 2 rings (SSSR count). The van der Waals surface area contributed by atoms with Gasteiger partial charge in [-0.05, 0) is 30.9 Å². The summed E-state index contributed by atoms with van der Waals surface area (Å²) in [6.45, 7) is 3.76. The number of phenols is 1. The minimum absolute atomic E-state index is 0.0918. The van der Waals surface area contributed by atoms with E-state index in [0.717, 1.165) is 5.39 Å². The van der Waals surface area contributed by atoms with Crippen LogP contribution in [0.4, 0.5) is 0 Å². The van der Waals surface area contributed by atoms with Crippen LogP contribution >= 0.6 is 0 Å². The largest absolute Gasteiger partial charge is 0.506 e. The molecule has 0 saturated heterocycles.